The number of rotatable bonds is 0. The zero-order valence-corrected chi connectivity index (χ0v) is 17.1. The highest BCUT2D eigenvalue weighted by atomic mass is 15.2. The van der Waals surface area contributed by atoms with Gasteiger partial charge in [-0.2, -0.15) is 0 Å². The van der Waals surface area contributed by atoms with E-state index in [1.54, 1.807) is 0 Å². The number of hydrogen-bond donors (Lipinski definition) is 3. The molecule has 4 heteroatoms. The summed E-state index contributed by atoms with van der Waals surface area (Å²) in [5, 5.41) is 11.3. The van der Waals surface area contributed by atoms with Crippen LogP contribution >= 0.6 is 0 Å². The summed E-state index contributed by atoms with van der Waals surface area (Å²) in [7, 11) is 2.26. The quantitative estimate of drug-likeness (QED) is 0.640. The Labute approximate surface area is 145 Å². The summed E-state index contributed by atoms with van der Waals surface area (Å²) in [4.78, 5) is 2.52. The number of nitrogens with zero attached hydrogens (tertiary/aromatic N) is 1. The van der Waals surface area contributed by atoms with Gasteiger partial charge < -0.3 is 16.0 Å². The molecule has 0 aromatic carbocycles. The van der Waals surface area contributed by atoms with Crippen LogP contribution in [-0.4, -0.2) is 60.3 Å². The second kappa shape index (κ2) is 8.28. The molecule has 0 aromatic rings. The summed E-state index contributed by atoms with van der Waals surface area (Å²) in [5.41, 5.74) is 0.310. The Bertz CT molecular complexity index is 353. The van der Waals surface area contributed by atoms with E-state index < -0.39 is 0 Å². The first-order chi connectivity index (χ1) is 10.4. The Kier molecular flexibility index (Phi) is 7.52. The molecular formula is C19H42N4. The predicted octanol–water partition coefficient (Wildman–Crippen LogP) is 2.59. The van der Waals surface area contributed by atoms with E-state index in [0.717, 1.165) is 25.9 Å². The summed E-state index contributed by atoms with van der Waals surface area (Å²) in [5.74, 6) is 0. The molecule has 1 fully saturated rings. The van der Waals surface area contributed by atoms with Crippen molar-refractivity contribution >= 4 is 0 Å². The third-order valence-electron chi connectivity index (χ3n) is 5.34. The molecule has 0 aromatic heterocycles. The SMILES string of the molecule is CC1CNC(C)(C)C[C@H](C)N(C)C(C)CNC(C)(C)C[C@@H](C)N1. The smallest absolute Gasteiger partial charge is 0.0192 e. The van der Waals surface area contributed by atoms with E-state index in [2.05, 4.69) is 83.3 Å². The van der Waals surface area contributed by atoms with Gasteiger partial charge in [0.15, 0.2) is 0 Å². The average molecular weight is 327 g/mol. The van der Waals surface area contributed by atoms with E-state index in [1.807, 2.05) is 0 Å². The molecule has 1 rings (SSSR count). The van der Waals surface area contributed by atoms with Crippen LogP contribution in [0.3, 0.4) is 0 Å². The number of nitrogens with one attached hydrogen (secondary N) is 3. The molecule has 23 heavy (non-hydrogen) atoms. The zero-order valence-electron chi connectivity index (χ0n) is 17.1. The normalized spacial score (nSPS) is 38.0. The van der Waals surface area contributed by atoms with Gasteiger partial charge in [-0.3, -0.25) is 4.90 Å². The second-order valence-electron chi connectivity index (χ2n) is 9.27. The van der Waals surface area contributed by atoms with Gasteiger partial charge in [-0.05, 0) is 75.3 Å². The minimum absolute atomic E-state index is 0.154. The van der Waals surface area contributed by atoms with E-state index >= 15 is 0 Å². The van der Waals surface area contributed by atoms with Crippen molar-refractivity contribution in [2.75, 3.05) is 20.1 Å². The molecule has 0 bridgehead atoms. The van der Waals surface area contributed by atoms with Gasteiger partial charge in [0, 0.05) is 48.3 Å². The Hall–Kier alpha value is -0.160. The van der Waals surface area contributed by atoms with Gasteiger partial charge in [-0.1, -0.05) is 0 Å². The van der Waals surface area contributed by atoms with E-state index in [9.17, 15) is 0 Å². The summed E-state index contributed by atoms with van der Waals surface area (Å²) < 4.78 is 0. The number of likely N-dealkylation sites (N-methyl/N-ethyl adjacent to an activating group) is 1. The molecule has 1 saturated heterocycles. The minimum atomic E-state index is 0.154. The van der Waals surface area contributed by atoms with Gasteiger partial charge >= 0.3 is 0 Å². The molecule has 0 spiro atoms. The molecule has 138 valence electrons. The molecule has 3 N–H and O–H groups in total. The molecule has 4 nitrogen and oxygen atoms in total. The highest BCUT2D eigenvalue weighted by molar-refractivity contribution is 4.89. The highest BCUT2D eigenvalue weighted by Crippen LogP contribution is 2.18. The lowest BCUT2D eigenvalue weighted by atomic mass is 9.93. The first kappa shape index (κ1) is 20.9. The maximum Gasteiger partial charge on any atom is 0.0192 e. The fraction of sp³-hybridized carbons (Fsp3) is 1.00. The van der Waals surface area contributed by atoms with Crippen molar-refractivity contribution in [3.8, 4) is 0 Å². The van der Waals surface area contributed by atoms with Crippen LogP contribution in [0.5, 0.6) is 0 Å². The molecule has 0 saturated carbocycles. The molecular weight excluding hydrogens is 284 g/mol. The summed E-state index contributed by atoms with van der Waals surface area (Å²) in [6.45, 7) is 20.6. The van der Waals surface area contributed by atoms with Crippen LogP contribution < -0.4 is 16.0 Å². The molecule has 0 amide bonds. The fourth-order valence-electron chi connectivity index (χ4n) is 3.83. The Morgan fingerprint density at radius 3 is 1.87 bits per heavy atom. The fourth-order valence-corrected chi connectivity index (χ4v) is 3.83. The lowest BCUT2D eigenvalue weighted by Gasteiger charge is -2.40. The van der Waals surface area contributed by atoms with Gasteiger partial charge in [0.2, 0.25) is 0 Å². The number of hydrogen-bond acceptors (Lipinski definition) is 4. The topological polar surface area (TPSA) is 39.3 Å². The van der Waals surface area contributed by atoms with Gasteiger partial charge in [0.1, 0.15) is 0 Å². The third-order valence-corrected chi connectivity index (χ3v) is 5.34. The average Bonchev–Trinajstić information content (AvgIpc) is 2.39. The van der Waals surface area contributed by atoms with E-state index in [1.165, 1.54) is 0 Å². The minimum Gasteiger partial charge on any atom is -0.310 e. The van der Waals surface area contributed by atoms with Gasteiger partial charge in [0.25, 0.3) is 0 Å². The zero-order chi connectivity index (χ0) is 17.8. The van der Waals surface area contributed by atoms with Crippen LogP contribution in [0.25, 0.3) is 0 Å². The van der Waals surface area contributed by atoms with Crippen LogP contribution in [0.2, 0.25) is 0 Å². The van der Waals surface area contributed by atoms with Gasteiger partial charge in [-0.15, -0.1) is 0 Å². The highest BCUT2D eigenvalue weighted by Gasteiger charge is 2.28. The van der Waals surface area contributed by atoms with Crippen molar-refractivity contribution in [3.63, 3.8) is 0 Å². The van der Waals surface area contributed by atoms with E-state index in [-0.39, 0.29) is 11.1 Å². The molecule has 1 aliphatic heterocycles. The van der Waals surface area contributed by atoms with Crippen molar-refractivity contribution in [1.82, 2.24) is 20.9 Å². The van der Waals surface area contributed by atoms with Crippen LogP contribution in [0, 0.1) is 0 Å². The van der Waals surface area contributed by atoms with Crippen LogP contribution in [0.4, 0.5) is 0 Å². The van der Waals surface area contributed by atoms with Crippen molar-refractivity contribution < 1.29 is 0 Å². The lowest BCUT2D eigenvalue weighted by molar-refractivity contribution is 0.142. The standard InChI is InChI=1S/C19H42N4/c1-14-10-18(5,6)21-13-17(4)23(9)16(3)11-19(7,8)20-12-15(2)22-14/h14-17,20-22H,10-13H2,1-9H3/t14-,15?,16+,17?/m1/s1. The molecule has 1 aliphatic rings. The van der Waals surface area contributed by atoms with Crippen molar-refractivity contribution in [3.05, 3.63) is 0 Å². The first-order valence-electron chi connectivity index (χ1n) is 9.40. The third kappa shape index (κ3) is 7.51. The monoisotopic (exact) mass is 326 g/mol. The Balaban J connectivity index is 2.85. The first-order valence-corrected chi connectivity index (χ1v) is 9.40. The van der Waals surface area contributed by atoms with Gasteiger partial charge in [0.05, 0.1) is 0 Å². The van der Waals surface area contributed by atoms with Crippen LogP contribution in [0.1, 0.15) is 68.2 Å². The Morgan fingerprint density at radius 1 is 0.739 bits per heavy atom. The second-order valence-corrected chi connectivity index (χ2v) is 9.27. The van der Waals surface area contributed by atoms with Crippen molar-refractivity contribution in [2.45, 2.75) is 103 Å². The van der Waals surface area contributed by atoms with Crippen molar-refractivity contribution in [1.29, 1.82) is 0 Å². The van der Waals surface area contributed by atoms with E-state index in [0.29, 0.717) is 24.2 Å². The molecule has 2 unspecified atom stereocenters. The molecule has 1 heterocycles. The maximum atomic E-state index is 3.78. The van der Waals surface area contributed by atoms with Gasteiger partial charge in [-0.25, -0.2) is 0 Å². The largest absolute Gasteiger partial charge is 0.310 e. The maximum absolute atomic E-state index is 3.78. The molecule has 0 radical (unpaired) electrons. The molecule has 0 aliphatic carbocycles. The summed E-state index contributed by atoms with van der Waals surface area (Å²) in [6.07, 6.45) is 2.28. The van der Waals surface area contributed by atoms with Crippen molar-refractivity contribution in [2.24, 2.45) is 0 Å². The van der Waals surface area contributed by atoms with E-state index in [4.69, 9.17) is 0 Å². The summed E-state index contributed by atoms with van der Waals surface area (Å²) >= 11 is 0. The van der Waals surface area contributed by atoms with Crippen LogP contribution in [0.15, 0.2) is 0 Å². The van der Waals surface area contributed by atoms with Crippen LogP contribution in [-0.2, 0) is 0 Å². The molecule has 4 atom stereocenters. The Morgan fingerprint density at radius 2 is 1.26 bits per heavy atom. The lowest BCUT2D eigenvalue weighted by Crippen LogP contribution is -2.55. The predicted molar refractivity (Wildman–Crippen MR) is 102 cm³/mol. The summed E-state index contributed by atoms with van der Waals surface area (Å²) in [6, 6.07) is 2.08.